The van der Waals surface area contributed by atoms with Crippen LogP contribution in [0, 0.1) is 0 Å². The summed E-state index contributed by atoms with van der Waals surface area (Å²) >= 11 is 4.14. The van der Waals surface area contributed by atoms with Crippen molar-refractivity contribution in [1.29, 1.82) is 0 Å². The third-order valence-electron chi connectivity index (χ3n) is 1.92. The first-order valence-corrected chi connectivity index (χ1v) is 4.47. The summed E-state index contributed by atoms with van der Waals surface area (Å²) in [6.07, 6.45) is 1.45. The molecule has 1 rings (SSSR count). The molecule has 1 heterocycles. The van der Waals surface area contributed by atoms with Gasteiger partial charge in [0.1, 0.15) is 11.4 Å². The minimum absolute atomic E-state index is 0.185. The number of nitrogens with zero attached hydrogens (tertiary/aromatic N) is 1. The van der Waals surface area contributed by atoms with Gasteiger partial charge < -0.3 is 9.72 Å². The molecule has 1 aromatic rings. The van der Waals surface area contributed by atoms with Crippen molar-refractivity contribution in [2.24, 2.45) is 0 Å². The molecule has 0 fully saturated rings. The molecule has 5 heteroatoms. The second kappa shape index (κ2) is 3.93. The van der Waals surface area contributed by atoms with Gasteiger partial charge in [-0.3, -0.25) is 4.79 Å². The first-order valence-electron chi connectivity index (χ1n) is 3.84. The lowest BCUT2D eigenvalue weighted by Gasteiger charge is -2.24. The van der Waals surface area contributed by atoms with E-state index in [0.717, 1.165) is 0 Å². The van der Waals surface area contributed by atoms with Crippen molar-refractivity contribution in [1.82, 2.24) is 9.97 Å². The lowest BCUT2D eigenvalue weighted by molar-refractivity contribution is 0.0161. The summed E-state index contributed by atoms with van der Waals surface area (Å²) in [5, 5.41) is 0. The van der Waals surface area contributed by atoms with Crippen molar-refractivity contribution in [3.63, 3.8) is 0 Å². The van der Waals surface area contributed by atoms with Crippen LogP contribution in [-0.4, -0.2) is 22.8 Å². The number of methoxy groups -OCH3 is 1. The molecular weight excluding hydrogens is 188 g/mol. The van der Waals surface area contributed by atoms with Crippen LogP contribution in [-0.2, 0) is 10.3 Å². The molecule has 1 atom stereocenters. The third-order valence-corrected chi connectivity index (χ3v) is 2.53. The van der Waals surface area contributed by atoms with Gasteiger partial charge in [-0.15, -0.1) is 0 Å². The van der Waals surface area contributed by atoms with Crippen molar-refractivity contribution < 1.29 is 4.74 Å². The number of aromatic amines is 1. The standard InChI is InChI=1S/C8H12N2O2S/c1-8(5-13,12-2)7-9-4-3-6(11)10-7/h3-4,13H,5H2,1-2H3,(H,9,10,11). The van der Waals surface area contributed by atoms with E-state index in [4.69, 9.17) is 4.74 Å². The lowest BCUT2D eigenvalue weighted by Crippen LogP contribution is -2.31. The van der Waals surface area contributed by atoms with Crippen LogP contribution in [0.3, 0.4) is 0 Å². The van der Waals surface area contributed by atoms with Crippen LogP contribution in [0.4, 0.5) is 0 Å². The van der Waals surface area contributed by atoms with E-state index in [1.54, 1.807) is 7.11 Å². The van der Waals surface area contributed by atoms with Gasteiger partial charge in [0.25, 0.3) is 5.56 Å². The summed E-state index contributed by atoms with van der Waals surface area (Å²) in [6, 6.07) is 1.36. The second-order valence-corrected chi connectivity index (χ2v) is 3.19. The van der Waals surface area contributed by atoms with Gasteiger partial charge in [-0.05, 0) is 6.92 Å². The van der Waals surface area contributed by atoms with Gasteiger partial charge in [-0.2, -0.15) is 12.6 Å². The molecule has 0 radical (unpaired) electrons. The summed E-state index contributed by atoms with van der Waals surface area (Å²) in [6.45, 7) is 1.82. The maximum Gasteiger partial charge on any atom is 0.250 e. The first-order chi connectivity index (χ1) is 6.12. The lowest BCUT2D eigenvalue weighted by atomic mass is 10.1. The molecule has 0 aliphatic carbocycles. The Kier molecular flexibility index (Phi) is 3.11. The zero-order valence-electron chi connectivity index (χ0n) is 7.57. The Morgan fingerprint density at radius 2 is 2.46 bits per heavy atom. The van der Waals surface area contributed by atoms with E-state index < -0.39 is 5.60 Å². The molecule has 4 nitrogen and oxygen atoms in total. The minimum atomic E-state index is -0.635. The number of aromatic nitrogens is 2. The monoisotopic (exact) mass is 200 g/mol. The van der Waals surface area contributed by atoms with Gasteiger partial charge in [0, 0.05) is 25.1 Å². The molecule has 13 heavy (non-hydrogen) atoms. The number of H-pyrrole nitrogens is 1. The zero-order valence-corrected chi connectivity index (χ0v) is 8.47. The fourth-order valence-corrected chi connectivity index (χ4v) is 1.15. The normalized spacial score (nSPS) is 15.3. The predicted molar refractivity (Wildman–Crippen MR) is 53.1 cm³/mol. The van der Waals surface area contributed by atoms with Gasteiger partial charge in [0.15, 0.2) is 0 Å². The summed E-state index contributed by atoms with van der Waals surface area (Å²) < 4.78 is 5.22. The molecule has 0 aromatic carbocycles. The number of thiol groups is 1. The summed E-state index contributed by atoms with van der Waals surface area (Å²) in [4.78, 5) is 17.6. The van der Waals surface area contributed by atoms with Crippen LogP contribution in [0.1, 0.15) is 12.7 Å². The van der Waals surface area contributed by atoms with E-state index in [1.165, 1.54) is 12.3 Å². The van der Waals surface area contributed by atoms with Crippen LogP contribution >= 0.6 is 12.6 Å². The fraction of sp³-hybridized carbons (Fsp3) is 0.500. The molecule has 0 saturated carbocycles. The van der Waals surface area contributed by atoms with E-state index >= 15 is 0 Å². The predicted octanol–water partition coefficient (Wildman–Crippen LogP) is 0.561. The van der Waals surface area contributed by atoms with Crippen molar-refractivity contribution in [2.45, 2.75) is 12.5 Å². The Balaban J connectivity index is 3.12. The van der Waals surface area contributed by atoms with Crippen molar-refractivity contribution in [3.8, 4) is 0 Å². The smallest absolute Gasteiger partial charge is 0.250 e. The number of hydrogen-bond donors (Lipinski definition) is 2. The van der Waals surface area contributed by atoms with Crippen LogP contribution in [0.5, 0.6) is 0 Å². The maximum atomic E-state index is 11.0. The number of hydrogen-bond acceptors (Lipinski definition) is 4. The molecular formula is C8H12N2O2S. The van der Waals surface area contributed by atoms with Gasteiger partial charge in [-0.25, -0.2) is 4.98 Å². The highest BCUT2D eigenvalue weighted by Crippen LogP contribution is 2.20. The molecule has 1 N–H and O–H groups in total. The highest BCUT2D eigenvalue weighted by Gasteiger charge is 2.26. The minimum Gasteiger partial charge on any atom is -0.370 e. The van der Waals surface area contributed by atoms with Crippen LogP contribution in [0.15, 0.2) is 17.1 Å². The molecule has 72 valence electrons. The molecule has 0 spiro atoms. The maximum absolute atomic E-state index is 11.0. The fourth-order valence-electron chi connectivity index (χ4n) is 0.875. The Labute approximate surface area is 81.8 Å². The second-order valence-electron chi connectivity index (χ2n) is 2.88. The molecule has 0 aliphatic rings. The Bertz CT molecular complexity index is 333. The van der Waals surface area contributed by atoms with Crippen molar-refractivity contribution in [3.05, 3.63) is 28.4 Å². The van der Waals surface area contributed by atoms with Gasteiger partial charge in [0.05, 0.1) is 0 Å². The molecule has 1 aromatic heterocycles. The largest absolute Gasteiger partial charge is 0.370 e. The third kappa shape index (κ3) is 2.10. The van der Waals surface area contributed by atoms with Crippen LogP contribution in [0.25, 0.3) is 0 Å². The van der Waals surface area contributed by atoms with Gasteiger partial charge >= 0.3 is 0 Å². The first kappa shape index (κ1) is 10.3. The Morgan fingerprint density at radius 1 is 1.77 bits per heavy atom. The Morgan fingerprint density at radius 3 is 2.92 bits per heavy atom. The number of rotatable bonds is 3. The quantitative estimate of drug-likeness (QED) is 0.701. The van der Waals surface area contributed by atoms with E-state index in [1.807, 2.05) is 6.92 Å². The summed E-state index contributed by atoms with van der Waals surface area (Å²) in [5.41, 5.74) is -0.821. The Hall–Kier alpha value is -0.810. The van der Waals surface area contributed by atoms with E-state index in [-0.39, 0.29) is 5.56 Å². The molecule has 0 aliphatic heterocycles. The highest BCUT2D eigenvalue weighted by atomic mass is 32.1. The van der Waals surface area contributed by atoms with E-state index in [0.29, 0.717) is 11.6 Å². The average Bonchev–Trinajstić information content (AvgIpc) is 2.17. The SMILES string of the molecule is COC(C)(CS)c1nccc(=O)[nH]1. The zero-order chi connectivity index (χ0) is 9.90. The van der Waals surface area contributed by atoms with Crippen molar-refractivity contribution >= 4 is 12.6 Å². The molecule has 0 bridgehead atoms. The topological polar surface area (TPSA) is 55.0 Å². The average molecular weight is 200 g/mol. The summed E-state index contributed by atoms with van der Waals surface area (Å²) in [5.74, 6) is 0.953. The van der Waals surface area contributed by atoms with Gasteiger partial charge in [0.2, 0.25) is 0 Å². The summed E-state index contributed by atoms with van der Waals surface area (Å²) in [7, 11) is 1.56. The van der Waals surface area contributed by atoms with E-state index in [2.05, 4.69) is 22.6 Å². The highest BCUT2D eigenvalue weighted by molar-refractivity contribution is 7.80. The van der Waals surface area contributed by atoms with Crippen LogP contribution < -0.4 is 5.56 Å². The van der Waals surface area contributed by atoms with Gasteiger partial charge in [-0.1, -0.05) is 0 Å². The number of nitrogens with one attached hydrogen (secondary N) is 1. The molecule has 1 unspecified atom stereocenters. The van der Waals surface area contributed by atoms with Crippen LogP contribution in [0.2, 0.25) is 0 Å². The van der Waals surface area contributed by atoms with Crippen molar-refractivity contribution in [2.75, 3.05) is 12.9 Å². The molecule has 0 amide bonds. The number of ether oxygens (including phenoxy) is 1. The van der Waals surface area contributed by atoms with E-state index in [9.17, 15) is 4.79 Å². The molecule has 0 saturated heterocycles.